The maximum Gasteiger partial charge on any atom is 0.326 e. The molecule has 3 unspecified atom stereocenters. The topological polar surface area (TPSA) is 57.6 Å². The van der Waals surface area contributed by atoms with E-state index < -0.39 is 29.6 Å². The van der Waals surface area contributed by atoms with E-state index in [1.54, 1.807) is 0 Å². The van der Waals surface area contributed by atoms with Crippen molar-refractivity contribution in [3.8, 4) is 0 Å². The van der Waals surface area contributed by atoms with Crippen LogP contribution in [0.3, 0.4) is 0 Å². The van der Waals surface area contributed by atoms with E-state index in [0.29, 0.717) is 12.6 Å². The summed E-state index contributed by atoms with van der Waals surface area (Å²) in [5, 5.41) is 9.39. The Morgan fingerprint density at radius 3 is 2.43 bits per heavy atom. The Labute approximate surface area is 120 Å². The summed E-state index contributed by atoms with van der Waals surface area (Å²) in [5.41, 5.74) is -0.140. The van der Waals surface area contributed by atoms with Gasteiger partial charge < -0.3 is 10.0 Å². The Morgan fingerprint density at radius 2 is 1.81 bits per heavy atom. The van der Waals surface area contributed by atoms with Crippen LogP contribution in [0, 0.1) is 23.5 Å². The molecule has 0 bridgehead atoms. The number of fused-ring (bicyclic) bond motifs is 1. The summed E-state index contributed by atoms with van der Waals surface area (Å²) >= 11 is 0. The van der Waals surface area contributed by atoms with Gasteiger partial charge in [0.2, 0.25) is 0 Å². The predicted molar refractivity (Wildman–Crippen MR) is 69.6 cm³/mol. The van der Waals surface area contributed by atoms with Crippen LogP contribution >= 0.6 is 0 Å². The third kappa shape index (κ3) is 2.39. The highest BCUT2D eigenvalue weighted by atomic mass is 19.1. The van der Waals surface area contributed by atoms with Gasteiger partial charge >= 0.3 is 5.97 Å². The lowest BCUT2D eigenvalue weighted by molar-refractivity contribution is -0.142. The molecule has 1 amide bonds. The number of nitrogens with zero attached hydrogens (tertiary/aromatic N) is 1. The SMILES string of the molecule is O=C(O)C1C2CCCC2CN1C(=O)c1cc(F)cc(F)c1. The molecule has 3 atom stereocenters. The highest BCUT2D eigenvalue weighted by Gasteiger charge is 2.49. The minimum Gasteiger partial charge on any atom is -0.480 e. The van der Waals surface area contributed by atoms with Gasteiger partial charge in [0.05, 0.1) is 0 Å². The van der Waals surface area contributed by atoms with Crippen LogP contribution in [-0.4, -0.2) is 34.5 Å². The Kier molecular flexibility index (Phi) is 3.39. The quantitative estimate of drug-likeness (QED) is 0.910. The van der Waals surface area contributed by atoms with Gasteiger partial charge in [-0.05, 0) is 36.8 Å². The summed E-state index contributed by atoms with van der Waals surface area (Å²) in [4.78, 5) is 25.2. The van der Waals surface area contributed by atoms with Crippen LogP contribution in [0.4, 0.5) is 8.78 Å². The Bertz CT molecular complexity index is 584. The summed E-state index contributed by atoms with van der Waals surface area (Å²) in [5.74, 6) is -3.22. The summed E-state index contributed by atoms with van der Waals surface area (Å²) in [6.45, 7) is 0.346. The standard InChI is InChI=1S/C15H15F2NO3/c16-10-4-9(5-11(17)6-10)14(19)18-7-8-2-1-3-12(8)13(18)15(20)21/h4-6,8,12-13H,1-3,7H2,(H,20,21). The van der Waals surface area contributed by atoms with Crippen LogP contribution in [0.5, 0.6) is 0 Å². The number of benzene rings is 1. The van der Waals surface area contributed by atoms with Gasteiger partial charge in [-0.25, -0.2) is 13.6 Å². The van der Waals surface area contributed by atoms with Gasteiger partial charge in [0.25, 0.3) is 5.91 Å². The lowest BCUT2D eigenvalue weighted by Crippen LogP contribution is -2.43. The monoisotopic (exact) mass is 295 g/mol. The molecular formula is C15H15F2NO3. The first kappa shape index (κ1) is 14.0. The molecule has 1 saturated carbocycles. The number of aliphatic carboxylic acids is 1. The van der Waals surface area contributed by atoms with Gasteiger partial charge in [-0.3, -0.25) is 4.79 Å². The zero-order valence-electron chi connectivity index (χ0n) is 11.3. The third-order valence-corrected chi connectivity index (χ3v) is 4.51. The summed E-state index contributed by atoms with van der Waals surface area (Å²) < 4.78 is 26.5. The number of hydrogen-bond donors (Lipinski definition) is 1. The molecule has 21 heavy (non-hydrogen) atoms. The second-order valence-corrected chi connectivity index (χ2v) is 5.75. The molecule has 1 N–H and O–H groups in total. The van der Waals surface area contributed by atoms with E-state index in [-0.39, 0.29) is 17.4 Å². The maximum absolute atomic E-state index is 13.2. The minimum absolute atomic E-state index is 0.0511. The van der Waals surface area contributed by atoms with E-state index in [0.717, 1.165) is 31.4 Å². The zero-order chi connectivity index (χ0) is 15.1. The van der Waals surface area contributed by atoms with Crippen LogP contribution < -0.4 is 0 Å². The van der Waals surface area contributed by atoms with Gasteiger partial charge in [0.1, 0.15) is 17.7 Å². The molecule has 1 saturated heterocycles. The lowest BCUT2D eigenvalue weighted by Gasteiger charge is -2.24. The van der Waals surface area contributed by atoms with Crippen molar-refractivity contribution in [2.75, 3.05) is 6.54 Å². The fraction of sp³-hybridized carbons (Fsp3) is 0.467. The molecule has 1 aromatic rings. The molecule has 0 spiro atoms. The number of carbonyl (C=O) groups is 2. The van der Waals surface area contributed by atoms with Crippen LogP contribution in [0.2, 0.25) is 0 Å². The third-order valence-electron chi connectivity index (χ3n) is 4.51. The molecular weight excluding hydrogens is 280 g/mol. The van der Waals surface area contributed by atoms with Gasteiger partial charge in [-0.15, -0.1) is 0 Å². The van der Waals surface area contributed by atoms with Crippen molar-refractivity contribution in [1.29, 1.82) is 0 Å². The second kappa shape index (κ2) is 5.09. The molecule has 3 rings (SSSR count). The molecule has 2 fully saturated rings. The van der Waals surface area contributed by atoms with E-state index in [1.807, 2.05) is 0 Å². The maximum atomic E-state index is 13.2. The van der Waals surface area contributed by atoms with Crippen molar-refractivity contribution in [3.05, 3.63) is 35.4 Å². The number of amides is 1. The van der Waals surface area contributed by atoms with E-state index >= 15 is 0 Å². The number of carboxylic acids is 1. The van der Waals surface area contributed by atoms with Gasteiger partial charge in [-0.2, -0.15) is 0 Å². The molecule has 4 nitrogen and oxygen atoms in total. The first-order valence-electron chi connectivity index (χ1n) is 6.97. The smallest absolute Gasteiger partial charge is 0.326 e. The molecule has 6 heteroatoms. The van der Waals surface area contributed by atoms with Crippen molar-refractivity contribution in [2.24, 2.45) is 11.8 Å². The van der Waals surface area contributed by atoms with Crippen LogP contribution in [0.1, 0.15) is 29.6 Å². The largest absolute Gasteiger partial charge is 0.480 e. The predicted octanol–water partition coefficient (Wildman–Crippen LogP) is 2.29. The van der Waals surface area contributed by atoms with E-state index in [1.165, 1.54) is 4.90 Å². The number of likely N-dealkylation sites (tertiary alicyclic amines) is 1. The average Bonchev–Trinajstić information content (AvgIpc) is 2.95. The highest BCUT2D eigenvalue weighted by Crippen LogP contribution is 2.42. The molecule has 1 aliphatic heterocycles. The number of carboxylic acid groups (broad SMARTS) is 1. The van der Waals surface area contributed by atoms with Gasteiger partial charge in [0, 0.05) is 18.2 Å². The molecule has 112 valence electrons. The summed E-state index contributed by atoms with van der Waals surface area (Å²) in [7, 11) is 0. The van der Waals surface area contributed by atoms with Crippen molar-refractivity contribution in [1.82, 2.24) is 4.90 Å². The van der Waals surface area contributed by atoms with Gasteiger partial charge in [-0.1, -0.05) is 6.42 Å². The number of carbonyl (C=O) groups excluding carboxylic acids is 1. The Hall–Kier alpha value is -1.98. The molecule has 1 heterocycles. The van der Waals surface area contributed by atoms with Crippen molar-refractivity contribution in [2.45, 2.75) is 25.3 Å². The lowest BCUT2D eigenvalue weighted by atomic mass is 9.94. The van der Waals surface area contributed by atoms with E-state index in [9.17, 15) is 23.5 Å². The van der Waals surface area contributed by atoms with E-state index in [4.69, 9.17) is 0 Å². The average molecular weight is 295 g/mol. The molecule has 2 aliphatic rings. The van der Waals surface area contributed by atoms with Crippen molar-refractivity contribution in [3.63, 3.8) is 0 Å². The summed E-state index contributed by atoms with van der Waals surface area (Å²) in [6.07, 6.45) is 2.65. The molecule has 1 aromatic carbocycles. The van der Waals surface area contributed by atoms with Crippen LogP contribution in [0.15, 0.2) is 18.2 Å². The Morgan fingerprint density at radius 1 is 1.14 bits per heavy atom. The fourth-order valence-electron chi connectivity index (χ4n) is 3.67. The van der Waals surface area contributed by atoms with Crippen LogP contribution in [-0.2, 0) is 4.79 Å². The highest BCUT2D eigenvalue weighted by molar-refractivity contribution is 5.97. The van der Waals surface area contributed by atoms with Crippen molar-refractivity contribution < 1.29 is 23.5 Å². The molecule has 1 aliphatic carbocycles. The van der Waals surface area contributed by atoms with Crippen molar-refractivity contribution >= 4 is 11.9 Å². The minimum atomic E-state index is -1.05. The number of halogens is 2. The number of rotatable bonds is 2. The molecule has 0 radical (unpaired) electrons. The van der Waals surface area contributed by atoms with E-state index in [2.05, 4.69) is 0 Å². The second-order valence-electron chi connectivity index (χ2n) is 5.75. The normalized spacial score (nSPS) is 27.7. The van der Waals surface area contributed by atoms with Crippen LogP contribution in [0.25, 0.3) is 0 Å². The zero-order valence-corrected chi connectivity index (χ0v) is 11.3. The fourth-order valence-corrected chi connectivity index (χ4v) is 3.67. The summed E-state index contributed by atoms with van der Waals surface area (Å²) in [6, 6.07) is 1.68. The first-order chi connectivity index (χ1) is 9.97. The number of hydrogen-bond acceptors (Lipinski definition) is 2. The first-order valence-corrected chi connectivity index (χ1v) is 6.97. The van der Waals surface area contributed by atoms with Gasteiger partial charge in [0.15, 0.2) is 0 Å². The Balaban J connectivity index is 1.91. The molecule has 0 aromatic heterocycles.